The molecule has 1 saturated heterocycles. The number of ether oxygens (including phenoxy) is 1. The Hall–Kier alpha value is -1.14. The highest BCUT2D eigenvalue weighted by Crippen LogP contribution is 2.39. The van der Waals surface area contributed by atoms with E-state index >= 15 is 0 Å². The smallest absolute Gasteiger partial charge is 0.306 e. The van der Waals surface area contributed by atoms with E-state index in [0.717, 1.165) is 41.3 Å². The number of rotatable bonds is 8. The molecule has 1 aromatic rings. The number of carbonyl (C=O) groups excluding carboxylic acids is 2. The number of esters is 1. The maximum Gasteiger partial charge on any atom is 0.306 e. The van der Waals surface area contributed by atoms with Crippen molar-refractivity contribution in [3.63, 3.8) is 0 Å². The van der Waals surface area contributed by atoms with E-state index in [2.05, 4.69) is 5.32 Å². The van der Waals surface area contributed by atoms with Gasteiger partial charge in [0, 0.05) is 23.1 Å². The monoisotopic (exact) mass is 367 g/mol. The van der Waals surface area contributed by atoms with Gasteiger partial charge in [0.1, 0.15) is 0 Å². The average molecular weight is 368 g/mol. The molecule has 0 aromatic heterocycles. The number of anilines is 1. The summed E-state index contributed by atoms with van der Waals surface area (Å²) >= 11 is 0. The number of aryl methyl sites for hydroxylation is 2. The molecule has 0 aliphatic carbocycles. The van der Waals surface area contributed by atoms with Gasteiger partial charge in [0.2, 0.25) is 0 Å². The van der Waals surface area contributed by atoms with Crippen LogP contribution in [0.2, 0.25) is 0 Å². The summed E-state index contributed by atoms with van der Waals surface area (Å²) in [6, 6.07) is 5.81. The van der Waals surface area contributed by atoms with Gasteiger partial charge in [0.25, 0.3) is 5.91 Å². The molecule has 0 unspecified atom stereocenters. The van der Waals surface area contributed by atoms with Crippen LogP contribution < -0.4 is 5.32 Å². The SMILES string of the molecule is Cc1ccc(NC(=O)COC(=O)CCCC[C@H]2CCSS2)c(C)c1. The first-order chi connectivity index (χ1) is 11.5. The predicted octanol–water partition coefficient (Wildman–Crippen LogP) is 4.50. The highest BCUT2D eigenvalue weighted by atomic mass is 33.1. The van der Waals surface area contributed by atoms with Crippen molar-refractivity contribution in [2.45, 2.75) is 51.2 Å². The first-order valence-corrected chi connectivity index (χ1v) is 10.7. The number of amides is 1. The summed E-state index contributed by atoms with van der Waals surface area (Å²) in [4.78, 5) is 23.6. The van der Waals surface area contributed by atoms with Gasteiger partial charge in [-0.2, -0.15) is 0 Å². The third kappa shape index (κ3) is 6.77. The quantitative estimate of drug-likeness (QED) is 0.416. The second-order valence-electron chi connectivity index (χ2n) is 6.10. The Morgan fingerprint density at radius 2 is 2.12 bits per heavy atom. The van der Waals surface area contributed by atoms with Crippen LogP contribution in [-0.2, 0) is 14.3 Å². The van der Waals surface area contributed by atoms with Gasteiger partial charge in [-0.15, -0.1) is 0 Å². The molecule has 6 heteroatoms. The fourth-order valence-electron chi connectivity index (χ4n) is 2.56. The van der Waals surface area contributed by atoms with E-state index < -0.39 is 0 Å². The Labute approximate surface area is 151 Å². The van der Waals surface area contributed by atoms with Crippen molar-refractivity contribution < 1.29 is 14.3 Å². The lowest BCUT2D eigenvalue weighted by Crippen LogP contribution is -2.21. The zero-order valence-electron chi connectivity index (χ0n) is 14.3. The molecule has 1 heterocycles. The van der Waals surface area contributed by atoms with Crippen molar-refractivity contribution in [2.24, 2.45) is 0 Å². The van der Waals surface area contributed by atoms with Crippen LogP contribution in [0.3, 0.4) is 0 Å². The molecule has 24 heavy (non-hydrogen) atoms. The zero-order chi connectivity index (χ0) is 17.4. The van der Waals surface area contributed by atoms with E-state index in [4.69, 9.17) is 4.74 Å². The molecule has 2 rings (SSSR count). The van der Waals surface area contributed by atoms with Crippen molar-refractivity contribution in [3.8, 4) is 0 Å². The molecule has 1 aliphatic heterocycles. The van der Waals surface area contributed by atoms with Gasteiger partial charge < -0.3 is 10.1 Å². The standard InChI is InChI=1S/C18H25NO3S2/c1-13-7-8-16(14(2)11-13)19-17(20)12-22-18(21)6-4-3-5-15-9-10-23-24-15/h7-8,11,15H,3-6,9-10,12H2,1-2H3,(H,19,20)/t15-/m0/s1. The summed E-state index contributed by atoms with van der Waals surface area (Å²) < 4.78 is 5.05. The highest BCUT2D eigenvalue weighted by Gasteiger charge is 2.16. The summed E-state index contributed by atoms with van der Waals surface area (Å²) in [7, 11) is 3.91. The van der Waals surface area contributed by atoms with Crippen LogP contribution in [0.25, 0.3) is 0 Å². The largest absolute Gasteiger partial charge is 0.456 e. The Morgan fingerprint density at radius 1 is 1.29 bits per heavy atom. The number of benzene rings is 1. The number of nitrogens with one attached hydrogen (secondary N) is 1. The molecule has 1 aliphatic rings. The van der Waals surface area contributed by atoms with Crippen molar-refractivity contribution in [1.82, 2.24) is 0 Å². The Kier molecular flexibility index (Phi) is 7.99. The average Bonchev–Trinajstić information content (AvgIpc) is 3.06. The van der Waals surface area contributed by atoms with Crippen LogP contribution in [-0.4, -0.2) is 29.5 Å². The van der Waals surface area contributed by atoms with Gasteiger partial charge in [0.15, 0.2) is 6.61 Å². The van der Waals surface area contributed by atoms with E-state index in [1.165, 1.54) is 12.2 Å². The summed E-state index contributed by atoms with van der Waals surface area (Å²) in [5, 5.41) is 3.52. The number of hydrogen-bond acceptors (Lipinski definition) is 5. The van der Waals surface area contributed by atoms with Gasteiger partial charge in [-0.1, -0.05) is 45.7 Å². The van der Waals surface area contributed by atoms with E-state index in [9.17, 15) is 9.59 Å². The van der Waals surface area contributed by atoms with Crippen LogP contribution >= 0.6 is 21.6 Å². The summed E-state index contributed by atoms with van der Waals surface area (Å²) in [5.74, 6) is 0.654. The van der Waals surface area contributed by atoms with Crippen molar-refractivity contribution in [1.29, 1.82) is 0 Å². The van der Waals surface area contributed by atoms with Crippen LogP contribution in [0.1, 0.15) is 43.2 Å². The highest BCUT2D eigenvalue weighted by molar-refractivity contribution is 8.77. The minimum atomic E-state index is -0.297. The predicted molar refractivity (Wildman–Crippen MR) is 102 cm³/mol. The zero-order valence-corrected chi connectivity index (χ0v) is 15.9. The van der Waals surface area contributed by atoms with Gasteiger partial charge in [-0.05, 0) is 44.7 Å². The lowest BCUT2D eigenvalue weighted by molar-refractivity contribution is -0.147. The van der Waals surface area contributed by atoms with Crippen LogP contribution in [0.4, 0.5) is 5.69 Å². The molecule has 0 saturated carbocycles. The molecular formula is C18H25NO3S2. The topological polar surface area (TPSA) is 55.4 Å². The van der Waals surface area contributed by atoms with Gasteiger partial charge in [0.05, 0.1) is 0 Å². The second-order valence-corrected chi connectivity index (χ2v) is 8.89. The molecule has 0 spiro atoms. The second kappa shape index (κ2) is 9.99. The van der Waals surface area contributed by atoms with Crippen LogP contribution in [0, 0.1) is 13.8 Å². The third-order valence-electron chi connectivity index (χ3n) is 3.90. The van der Waals surface area contributed by atoms with Crippen molar-refractivity contribution >= 4 is 39.2 Å². The lowest BCUT2D eigenvalue weighted by Gasteiger charge is -2.10. The molecule has 0 bridgehead atoms. The van der Waals surface area contributed by atoms with E-state index in [0.29, 0.717) is 6.42 Å². The Morgan fingerprint density at radius 3 is 2.83 bits per heavy atom. The number of carbonyl (C=O) groups is 2. The van der Waals surface area contributed by atoms with Gasteiger partial charge in [-0.3, -0.25) is 9.59 Å². The number of unbranched alkanes of at least 4 members (excludes halogenated alkanes) is 1. The van der Waals surface area contributed by atoms with E-state index in [-0.39, 0.29) is 18.5 Å². The molecule has 0 radical (unpaired) electrons. The van der Waals surface area contributed by atoms with E-state index in [1.54, 1.807) is 0 Å². The molecule has 1 aromatic carbocycles. The summed E-state index contributed by atoms with van der Waals surface area (Å²) in [6.45, 7) is 3.72. The minimum Gasteiger partial charge on any atom is -0.456 e. The Bertz CT molecular complexity index is 571. The summed E-state index contributed by atoms with van der Waals surface area (Å²) in [6.07, 6.45) is 4.71. The maximum atomic E-state index is 11.9. The first-order valence-electron chi connectivity index (χ1n) is 8.35. The van der Waals surface area contributed by atoms with Crippen LogP contribution in [0.15, 0.2) is 18.2 Å². The first kappa shape index (κ1) is 19.2. The van der Waals surface area contributed by atoms with Crippen LogP contribution in [0.5, 0.6) is 0 Å². The Balaban J connectivity index is 1.59. The lowest BCUT2D eigenvalue weighted by atomic mass is 10.1. The minimum absolute atomic E-state index is 0.221. The fraction of sp³-hybridized carbons (Fsp3) is 0.556. The normalized spacial score (nSPS) is 16.8. The van der Waals surface area contributed by atoms with Gasteiger partial charge >= 0.3 is 5.97 Å². The third-order valence-corrected chi connectivity index (χ3v) is 6.91. The molecule has 1 fully saturated rings. The molecule has 1 atom stereocenters. The fourth-order valence-corrected chi connectivity index (χ4v) is 5.59. The molecule has 132 valence electrons. The molecule has 1 N–H and O–H groups in total. The maximum absolute atomic E-state index is 11.9. The van der Waals surface area contributed by atoms with Gasteiger partial charge in [-0.25, -0.2) is 0 Å². The summed E-state index contributed by atoms with van der Waals surface area (Å²) in [5.41, 5.74) is 2.90. The molecule has 4 nitrogen and oxygen atoms in total. The van der Waals surface area contributed by atoms with Crippen molar-refractivity contribution in [3.05, 3.63) is 29.3 Å². The van der Waals surface area contributed by atoms with Crippen molar-refractivity contribution in [2.75, 3.05) is 17.7 Å². The molecular weight excluding hydrogens is 342 g/mol. The number of hydrogen-bond donors (Lipinski definition) is 1. The molecule has 1 amide bonds. The van der Waals surface area contributed by atoms with E-state index in [1.807, 2.05) is 53.6 Å².